The second kappa shape index (κ2) is 8.05. The summed E-state index contributed by atoms with van der Waals surface area (Å²) in [6.45, 7) is 4.08. The highest BCUT2D eigenvalue weighted by Gasteiger charge is 2.28. The third-order valence-electron chi connectivity index (χ3n) is 5.90. The molecule has 3 aromatic rings. The quantitative estimate of drug-likeness (QED) is 0.572. The first-order chi connectivity index (χ1) is 14.4. The summed E-state index contributed by atoms with van der Waals surface area (Å²) in [6, 6.07) is 4.44. The molecule has 5 nitrogen and oxygen atoms in total. The number of imidazole rings is 1. The van der Waals surface area contributed by atoms with Crippen LogP contribution < -0.4 is 10.6 Å². The number of allylic oxidation sites excluding steroid dienone is 2. The van der Waals surface area contributed by atoms with Crippen LogP contribution in [0.15, 0.2) is 24.3 Å². The van der Waals surface area contributed by atoms with Crippen molar-refractivity contribution in [1.29, 1.82) is 0 Å². The van der Waals surface area contributed by atoms with Crippen LogP contribution in [0.2, 0.25) is 0 Å². The van der Waals surface area contributed by atoms with E-state index in [1.165, 1.54) is 13.5 Å². The van der Waals surface area contributed by atoms with E-state index in [2.05, 4.69) is 18.0 Å². The minimum atomic E-state index is -0.976. The molecule has 0 unspecified atom stereocenters. The monoisotopic (exact) mass is 412 g/mol. The van der Waals surface area contributed by atoms with Crippen molar-refractivity contribution in [3.8, 4) is 5.88 Å². The fraction of sp³-hybridized carbons (Fsp3) is 0.391. The third kappa shape index (κ3) is 3.42. The Morgan fingerprint density at radius 1 is 1.30 bits per heavy atom. The van der Waals surface area contributed by atoms with Crippen molar-refractivity contribution in [3.63, 3.8) is 0 Å². The molecule has 1 fully saturated rings. The van der Waals surface area contributed by atoms with Gasteiger partial charge in [-0.05, 0) is 49.5 Å². The third-order valence-corrected chi connectivity index (χ3v) is 5.90. The van der Waals surface area contributed by atoms with Crippen LogP contribution >= 0.6 is 0 Å². The molecule has 0 bridgehead atoms. The molecule has 30 heavy (non-hydrogen) atoms. The number of methoxy groups -OCH3 is 1. The van der Waals surface area contributed by atoms with Crippen molar-refractivity contribution >= 4 is 16.5 Å². The van der Waals surface area contributed by atoms with Gasteiger partial charge in [0.15, 0.2) is 17.5 Å². The van der Waals surface area contributed by atoms with Crippen molar-refractivity contribution in [2.75, 3.05) is 13.0 Å². The molecule has 0 saturated heterocycles. The lowest BCUT2D eigenvalue weighted by Gasteiger charge is -2.25. The fourth-order valence-electron chi connectivity index (χ4n) is 4.05. The lowest BCUT2D eigenvalue weighted by Crippen LogP contribution is -2.18. The van der Waals surface area contributed by atoms with Crippen LogP contribution in [0.1, 0.15) is 68.2 Å². The number of nitrogens with zero attached hydrogens (tertiary/aromatic N) is 3. The van der Waals surface area contributed by atoms with E-state index in [9.17, 15) is 8.78 Å². The molecule has 0 amide bonds. The van der Waals surface area contributed by atoms with E-state index in [1.54, 1.807) is 16.8 Å². The zero-order valence-corrected chi connectivity index (χ0v) is 17.5. The Hall–Kier alpha value is -2.96. The molecule has 1 aromatic carbocycles. The number of pyridine rings is 1. The predicted molar refractivity (Wildman–Crippen MR) is 114 cm³/mol. The number of aromatic nitrogens is 3. The molecule has 2 N–H and O–H groups in total. The van der Waals surface area contributed by atoms with Crippen molar-refractivity contribution in [3.05, 3.63) is 58.7 Å². The van der Waals surface area contributed by atoms with Gasteiger partial charge in [-0.25, -0.2) is 23.4 Å². The van der Waals surface area contributed by atoms with Crippen LogP contribution in [0, 0.1) is 11.6 Å². The molecule has 1 aliphatic rings. The van der Waals surface area contributed by atoms with E-state index in [1.807, 2.05) is 6.92 Å². The Morgan fingerprint density at radius 2 is 2.07 bits per heavy atom. The Labute approximate surface area is 174 Å². The number of benzene rings is 1. The number of fused-ring (bicyclic) bond motifs is 1. The van der Waals surface area contributed by atoms with Crippen LogP contribution in [0.4, 0.5) is 8.78 Å². The standard InChI is InChI=1S/C23H26F2N4O/c1-4-6-13(2)23-28-21(14-7-5-8-14)18(29(23)26)11-15-12-19(30-3)27-22-16(15)9-10-17(24)20(22)25/h6,9-10,12,14H,4-5,7-8,11,26H2,1-3H3/b13-6-. The molecule has 2 aromatic heterocycles. The van der Waals surface area contributed by atoms with E-state index in [0.29, 0.717) is 17.7 Å². The largest absolute Gasteiger partial charge is 0.481 e. The maximum atomic E-state index is 14.4. The Balaban J connectivity index is 1.87. The van der Waals surface area contributed by atoms with Gasteiger partial charge in [-0.2, -0.15) is 0 Å². The average molecular weight is 412 g/mol. The van der Waals surface area contributed by atoms with E-state index >= 15 is 0 Å². The molecule has 4 rings (SSSR count). The second-order valence-corrected chi connectivity index (χ2v) is 7.82. The van der Waals surface area contributed by atoms with Crippen LogP contribution in [-0.2, 0) is 6.42 Å². The van der Waals surface area contributed by atoms with Gasteiger partial charge in [-0.3, -0.25) is 0 Å². The molecule has 0 atom stereocenters. The summed E-state index contributed by atoms with van der Waals surface area (Å²) >= 11 is 0. The van der Waals surface area contributed by atoms with Crippen LogP contribution in [0.5, 0.6) is 5.88 Å². The van der Waals surface area contributed by atoms with E-state index in [-0.39, 0.29) is 11.4 Å². The summed E-state index contributed by atoms with van der Waals surface area (Å²) in [5, 5.41) is 0.540. The fourth-order valence-corrected chi connectivity index (χ4v) is 4.05. The maximum absolute atomic E-state index is 14.4. The second-order valence-electron chi connectivity index (χ2n) is 7.82. The summed E-state index contributed by atoms with van der Waals surface area (Å²) in [5.74, 6) is 5.95. The van der Waals surface area contributed by atoms with Gasteiger partial charge < -0.3 is 10.6 Å². The summed E-state index contributed by atoms with van der Waals surface area (Å²) in [7, 11) is 1.46. The number of nitrogens with two attached hydrogens (primary N) is 1. The Bertz CT molecular complexity index is 1130. The highest BCUT2D eigenvalue weighted by molar-refractivity contribution is 5.84. The minimum Gasteiger partial charge on any atom is -0.481 e. The molecule has 7 heteroatoms. The van der Waals surface area contributed by atoms with Gasteiger partial charge >= 0.3 is 0 Å². The number of halogens is 2. The van der Waals surface area contributed by atoms with Gasteiger partial charge in [0.25, 0.3) is 0 Å². The number of ether oxygens (including phenoxy) is 1. The molecule has 1 saturated carbocycles. The van der Waals surface area contributed by atoms with Crippen molar-refractivity contribution in [2.24, 2.45) is 0 Å². The number of rotatable bonds is 6. The molecule has 1 aliphatic carbocycles. The van der Waals surface area contributed by atoms with E-state index in [0.717, 1.165) is 53.7 Å². The van der Waals surface area contributed by atoms with Crippen LogP contribution in [0.3, 0.4) is 0 Å². The lowest BCUT2D eigenvalue weighted by molar-refractivity contribution is 0.398. The molecular formula is C23H26F2N4O. The Morgan fingerprint density at radius 3 is 2.70 bits per heavy atom. The lowest BCUT2D eigenvalue weighted by atomic mass is 9.81. The first kappa shape index (κ1) is 20.3. The molecule has 0 radical (unpaired) electrons. The topological polar surface area (TPSA) is 66.0 Å². The normalized spacial score (nSPS) is 14.9. The summed E-state index contributed by atoms with van der Waals surface area (Å²) in [6.07, 6.45) is 6.76. The highest BCUT2D eigenvalue weighted by Crippen LogP contribution is 2.39. The maximum Gasteiger partial charge on any atom is 0.213 e. The molecular weight excluding hydrogens is 386 g/mol. The van der Waals surface area contributed by atoms with Gasteiger partial charge in [0, 0.05) is 23.8 Å². The van der Waals surface area contributed by atoms with Crippen molar-refractivity contribution < 1.29 is 13.5 Å². The smallest absolute Gasteiger partial charge is 0.213 e. The van der Waals surface area contributed by atoms with E-state index in [4.69, 9.17) is 15.6 Å². The zero-order chi connectivity index (χ0) is 21.4. The number of hydrogen-bond acceptors (Lipinski definition) is 4. The van der Waals surface area contributed by atoms with Crippen LogP contribution in [0.25, 0.3) is 16.5 Å². The number of nitrogen functional groups attached to an aromatic ring is 1. The predicted octanol–water partition coefficient (Wildman–Crippen LogP) is 5.10. The van der Waals surface area contributed by atoms with Gasteiger partial charge in [0.1, 0.15) is 5.52 Å². The summed E-state index contributed by atoms with van der Waals surface area (Å²) in [4.78, 5) is 9.01. The SMILES string of the molecule is CC/C=C(/C)c1nc(C2CCC2)c(Cc2cc(OC)nc3c(F)c(F)ccc23)n1N. The van der Waals surface area contributed by atoms with Gasteiger partial charge in [0.2, 0.25) is 5.88 Å². The summed E-state index contributed by atoms with van der Waals surface area (Å²) in [5.41, 5.74) is 3.63. The van der Waals surface area contributed by atoms with Gasteiger partial charge in [-0.15, -0.1) is 0 Å². The Kier molecular flexibility index (Phi) is 5.45. The molecule has 0 aliphatic heterocycles. The minimum absolute atomic E-state index is 0.0417. The zero-order valence-electron chi connectivity index (χ0n) is 17.5. The summed E-state index contributed by atoms with van der Waals surface area (Å²) < 4.78 is 35.1. The average Bonchev–Trinajstić information content (AvgIpc) is 3.00. The van der Waals surface area contributed by atoms with Crippen molar-refractivity contribution in [2.45, 2.75) is 51.9 Å². The molecule has 2 heterocycles. The van der Waals surface area contributed by atoms with Gasteiger partial charge in [-0.1, -0.05) is 19.4 Å². The highest BCUT2D eigenvalue weighted by atomic mass is 19.2. The first-order valence-electron chi connectivity index (χ1n) is 10.3. The number of hydrogen-bond donors (Lipinski definition) is 1. The van der Waals surface area contributed by atoms with Crippen molar-refractivity contribution in [1.82, 2.24) is 14.6 Å². The first-order valence-corrected chi connectivity index (χ1v) is 10.3. The van der Waals surface area contributed by atoms with E-state index < -0.39 is 11.6 Å². The molecule has 0 spiro atoms. The van der Waals surface area contributed by atoms with Gasteiger partial charge in [0.05, 0.1) is 18.5 Å². The molecule has 158 valence electrons. The van der Waals surface area contributed by atoms with Crippen LogP contribution in [-0.4, -0.2) is 21.8 Å².